The molecule has 2 aromatic rings. The third kappa shape index (κ3) is 3.68. The quantitative estimate of drug-likeness (QED) is 0.732. The summed E-state index contributed by atoms with van der Waals surface area (Å²) in [6.45, 7) is 0.460. The highest BCUT2D eigenvalue weighted by Gasteiger charge is 2.12. The van der Waals surface area contributed by atoms with Gasteiger partial charge in [0, 0.05) is 25.4 Å². The van der Waals surface area contributed by atoms with Crippen molar-refractivity contribution in [2.75, 3.05) is 6.54 Å². The van der Waals surface area contributed by atoms with Gasteiger partial charge >= 0.3 is 5.97 Å². The molecule has 6 nitrogen and oxygen atoms in total. The van der Waals surface area contributed by atoms with E-state index in [0.717, 1.165) is 5.82 Å². The van der Waals surface area contributed by atoms with Gasteiger partial charge in [-0.15, -0.1) is 0 Å². The van der Waals surface area contributed by atoms with Gasteiger partial charge < -0.3 is 15.4 Å². The first-order valence-corrected chi connectivity index (χ1v) is 6.23. The van der Waals surface area contributed by atoms with E-state index in [2.05, 4.69) is 15.3 Å². The topological polar surface area (TPSA) is 95.1 Å². The first kappa shape index (κ1) is 13.8. The lowest BCUT2D eigenvalue weighted by atomic mass is 10.0. The Morgan fingerprint density at radius 2 is 2.10 bits per heavy atom. The molecule has 3 N–H and O–H groups in total. The molecule has 0 bridgehead atoms. The highest BCUT2D eigenvalue weighted by atomic mass is 16.4. The third-order valence-electron chi connectivity index (χ3n) is 2.84. The second-order valence-corrected chi connectivity index (χ2v) is 4.27. The second-order valence-electron chi connectivity index (χ2n) is 4.27. The van der Waals surface area contributed by atoms with Crippen molar-refractivity contribution in [2.45, 2.75) is 12.8 Å². The minimum Gasteiger partial charge on any atom is -0.478 e. The van der Waals surface area contributed by atoms with Crippen LogP contribution in [0.5, 0.6) is 0 Å². The summed E-state index contributed by atoms with van der Waals surface area (Å²) in [6.07, 6.45) is 4.04. The zero-order valence-electron chi connectivity index (χ0n) is 10.8. The molecular weight excluding hydrogens is 258 g/mol. The standard InChI is InChI=1S/C14H15N3O3/c18-13(17-6-5-12-15-7-8-16-12)9-10-3-1-2-4-11(10)14(19)20/h1-4,7-8H,5-6,9H2,(H,15,16)(H,17,18)(H,19,20). The molecule has 0 saturated carbocycles. The zero-order valence-corrected chi connectivity index (χ0v) is 10.8. The number of amides is 1. The molecule has 0 fully saturated rings. The fourth-order valence-electron chi connectivity index (χ4n) is 1.87. The number of aromatic nitrogens is 2. The molecule has 0 aliphatic heterocycles. The summed E-state index contributed by atoms with van der Waals surface area (Å²) in [5.74, 6) is -0.425. The van der Waals surface area contributed by atoms with Gasteiger partial charge in [-0.3, -0.25) is 4.79 Å². The van der Waals surface area contributed by atoms with E-state index < -0.39 is 5.97 Å². The van der Waals surface area contributed by atoms with Gasteiger partial charge in [-0.05, 0) is 11.6 Å². The molecule has 1 amide bonds. The molecule has 0 unspecified atom stereocenters. The molecule has 2 rings (SSSR count). The minimum atomic E-state index is -1.02. The Labute approximate surface area is 115 Å². The number of carbonyl (C=O) groups is 2. The van der Waals surface area contributed by atoms with Crippen LogP contribution in [-0.2, 0) is 17.6 Å². The number of aromatic carboxylic acids is 1. The Morgan fingerprint density at radius 3 is 2.80 bits per heavy atom. The van der Waals surface area contributed by atoms with Crippen molar-refractivity contribution in [3.8, 4) is 0 Å². The first-order chi connectivity index (χ1) is 9.66. The maximum Gasteiger partial charge on any atom is 0.335 e. The SMILES string of the molecule is O=C(Cc1ccccc1C(=O)O)NCCc1ncc[nH]1. The predicted molar refractivity (Wildman–Crippen MR) is 72.4 cm³/mol. The van der Waals surface area contributed by atoms with E-state index in [4.69, 9.17) is 5.11 Å². The van der Waals surface area contributed by atoms with E-state index in [9.17, 15) is 9.59 Å². The predicted octanol–water partition coefficient (Wildman–Crippen LogP) is 1.01. The normalized spacial score (nSPS) is 10.2. The number of carboxylic acids is 1. The Bertz CT molecular complexity index is 593. The molecule has 104 valence electrons. The Kier molecular flexibility index (Phi) is 4.49. The molecule has 0 radical (unpaired) electrons. The van der Waals surface area contributed by atoms with Gasteiger partial charge in [0.05, 0.1) is 12.0 Å². The summed E-state index contributed by atoms with van der Waals surface area (Å²) >= 11 is 0. The summed E-state index contributed by atoms with van der Waals surface area (Å²) in [7, 11) is 0. The lowest BCUT2D eigenvalue weighted by molar-refractivity contribution is -0.120. The number of hydrogen-bond acceptors (Lipinski definition) is 3. The molecule has 1 aromatic carbocycles. The van der Waals surface area contributed by atoms with Crippen LogP contribution >= 0.6 is 0 Å². The summed E-state index contributed by atoms with van der Waals surface area (Å²) in [5, 5.41) is 11.8. The highest BCUT2D eigenvalue weighted by Crippen LogP contribution is 2.09. The van der Waals surface area contributed by atoms with E-state index in [1.54, 1.807) is 30.6 Å². The minimum absolute atomic E-state index is 0.0562. The van der Waals surface area contributed by atoms with E-state index in [-0.39, 0.29) is 17.9 Å². The summed E-state index contributed by atoms with van der Waals surface area (Å²) in [4.78, 5) is 29.8. The average Bonchev–Trinajstić information content (AvgIpc) is 2.92. The zero-order chi connectivity index (χ0) is 14.4. The Hall–Kier alpha value is -2.63. The van der Waals surface area contributed by atoms with Crippen LogP contribution in [0.1, 0.15) is 21.7 Å². The number of benzene rings is 1. The van der Waals surface area contributed by atoms with Crippen molar-refractivity contribution in [1.82, 2.24) is 15.3 Å². The second kappa shape index (κ2) is 6.51. The van der Waals surface area contributed by atoms with Gasteiger partial charge in [-0.1, -0.05) is 18.2 Å². The van der Waals surface area contributed by atoms with Crippen LogP contribution in [0.4, 0.5) is 0 Å². The number of nitrogens with one attached hydrogen (secondary N) is 2. The maximum atomic E-state index is 11.8. The third-order valence-corrected chi connectivity index (χ3v) is 2.84. The number of nitrogens with zero attached hydrogens (tertiary/aromatic N) is 1. The van der Waals surface area contributed by atoms with Crippen LogP contribution < -0.4 is 5.32 Å². The smallest absolute Gasteiger partial charge is 0.335 e. The Balaban J connectivity index is 1.87. The Morgan fingerprint density at radius 1 is 1.30 bits per heavy atom. The molecule has 0 aliphatic carbocycles. The molecule has 0 aliphatic rings. The number of carbonyl (C=O) groups excluding carboxylic acids is 1. The highest BCUT2D eigenvalue weighted by molar-refractivity contribution is 5.91. The van der Waals surface area contributed by atoms with Crippen molar-refractivity contribution in [3.63, 3.8) is 0 Å². The largest absolute Gasteiger partial charge is 0.478 e. The maximum absolute atomic E-state index is 11.8. The molecule has 20 heavy (non-hydrogen) atoms. The first-order valence-electron chi connectivity index (χ1n) is 6.23. The fraction of sp³-hybridized carbons (Fsp3) is 0.214. The van der Waals surface area contributed by atoms with E-state index in [1.165, 1.54) is 6.07 Å². The van der Waals surface area contributed by atoms with Gasteiger partial charge in [0.2, 0.25) is 5.91 Å². The molecule has 1 heterocycles. The molecule has 6 heteroatoms. The number of imidazole rings is 1. The average molecular weight is 273 g/mol. The van der Waals surface area contributed by atoms with Crippen LogP contribution in [0.3, 0.4) is 0 Å². The summed E-state index contributed by atoms with van der Waals surface area (Å²) in [6, 6.07) is 6.50. The van der Waals surface area contributed by atoms with Crippen molar-refractivity contribution in [3.05, 3.63) is 53.6 Å². The number of H-pyrrole nitrogens is 1. The van der Waals surface area contributed by atoms with Crippen molar-refractivity contribution >= 4 is 11.9 Å². The number of rotatable bonds is 6. The lowest BCUT2D eigenvalue weighted by Crippen LogP contribution is -2.28. The van der Waals surface area contributed by atoms with E-state index in [0.29, 0.717) is 18.5 Å². The van der Waals surface area contributed by atoms with Crippen molar-refractivity contribution in [2.24, 2.45) is 0 Å². The number of aromatic amines is 1. The van der Waals surface area contributed by atoms with Crippen LogP contribution in [-0.4, -0.2) is 33.5 Å². The molecular formula is C14H15N3O3. The van der Waals surface area contributed by atoms with Gasteiger partial charge in [0.1, 0.15) is 5.82 Å². The van der Waals surface area contributed by atoms with Crippen LogP contribution in [0.2, 0.25) is 0 Å². The van der Waals surface area contributed by atoms with Crippen LogP contribution in [0.15, 0.2) is 36.7 Å². The lowest BCUT2D eigenvalue weighted by Gasteiger charge is -2.06. The van der Waals surface area contributed by atoms with Crippen molar-refractivity contribution < 1.29 is 14.7 Å². The summed E-state index contributed by atoms with van der Waals surface area (Å²) in [5.41, 5.74) is 0.671. The molecule has 0 saturated heterocycles. The molecule has 0 spiro atoms. The molecule has 0 atom stereocenters. The summed E-state index contributed by atoms with van der Waals surface area (Å²) < 4.78 is 0. The van der Waals surface area contributed by atoms with Crippen molar-refractivity contribution in [1.29, 1.82) is 0 Å². The van der Waals surface area contributed by atoms with Gasteiger partial charge in [-0.25, -0.2) is 9.78 Å². The van der Waals surface area contributed by atoms with Gasteiger partial charge in [-0.2, -0.15) is 0 Å². The van der Waals surface area contributed by atoms with Gasteiger partial charge in [0.25, 0.3) is 0 Å². The van der Waals surface area contributed by atoms with Crippen LogP contribution in [0, 0.1) is 0 Å². The van der Waals surface area contributed by atoms with E-state index in [1.807, 2.05) is 0 Å². The fourth-order valence-corrected chi connectivity index (χ4v) is 1.87. The van der Waals surface area contributed by atoms with Gasteiger partial charge in [0.15, 0.2) is 0 Å². The van der Waals surface area contributed by atoms with Crippen LogP contribution in [0.25, 0.3) is 0 Å². The molecule has 1 aromatic heterocycles. The monoisotopic (exact) mass is 273 g/mol. The number of hydrogen-bond donors (Lipinski definition) is 3. The number of carboxylic acid groups (broad SMARTS) is 1. The van der Waals surface area contributed by atoms with E-state index >= 15 is 0 Å².